The second-order valence-electron chi connectivity index (χ2n) is 8.94. The number of hydrogen-bond acceptors (Lipinski definition) is 4. The Morgan fingerprint density at radius 1 is 0.939 bits per heavy atom. The number of benzene rings is 2. The van der Waals surface area contributed by atoms with Crippen LogP contribution < -0.4 is 10.1 Å². The third-order valence-electron chi connectivity index (χ3n) is 6.86. The van der Waals surface area contributed by atoms with Gasteiger partial charge in [-0.25, -0.2) is 4.39 Å². The van der Waals surface area contributed by atoms with Crippen LogP contribution in [-0.4, -0.2) is 60.9 Å². The first kappa shape index (κ1) is 23.2. The van der Waals surface area contributed by atoms with Crippen LogP contribution in [0.1, 0.15) is 31.2 Å². The molecule has 2 saturated heterocycles. The lowest BCUT2D eigenvalue weighted by molar-refractivity contribution is -0.132. The Morgan fingerprint density at radius 3 is 2.18 bits per heavy atom. The molecule has 7 heteroatoms. The Bertz CT molecular complexity index is 932. The van der Waals surface area contributed by atoms with Crippen molar-refractivity contribution in [2.24, 2.45) is 5.92 Å². The Morgan fingerprint density at radius 2 is 1.58 bits per heavy atom. The topological polar surface area (TPSA) is 61.9 Å². The van der Waals surface area contributed by atoms with E-state index < -0.39 is 0 Å². The van der Waals surface area contributed by atoms with Crippen molar-refractivity contribution in [2.45, 2.75) is 38.1 Å². The minimum absolute atomic E-state index is 0.0141. The fourth-order valence-electron chi connectivity index (χ4n) is 4.81. The number of ether oxygens (including phenoxy) is 1. The zero-order valence-corrected chi connectivity index (χ0v) is 19.1. The molecular weight excluding hydrogens is 421 g/mol. The summed E-state index contributed by atoms with van der Waals surface area (Å²) in [6, 6.07) is 14.0. The normalized spacial score (nSPS) is 18.2. The molecule has 2 aromatic rings. The summed E-state index contributed by atoms with van der Waals surface area (Å²) in [5.74, 6) is 0.658. The number of nitrogens with one attached hydrogen (secondary N) is 1. The molecule has 4 rings (SSSR count). The highest BCUT2D eigenvalue weighted by Crippen LogP contribution is 2.25. The van der Waals surface area contributed by atoms with Crippen molar-refractivity contribution in [2.75, 3.05) is 38.6 Å². The van der Waals surface area contributed by atoms with E-state index in [1.165, 1.54) is 12.1 Å². The molecule has 2 fully saturated rings. The Labute approximate surface area is 194 Å². The highest BCUT2D eigenvalue weighted by molar-refractivity contribution is 5.92. The van der Waals surface area contributed by atoms with Gasteiger partial charge in [0.2, 0.25) is 11.8 Å². The summed E-state index contributed by atoms with van der Waals surface area (Å²) in [5, 5.41) is 2.90. The predicted molar refractivity (Wildman–Crippen MR) is 126 cm³/mol. The fraction of sp³-hybridized carbons (Fsp3) is 0.462. The summed E-state index contributed by atoms with van der Waals surface area (Å²) in [5.41, 5.74) is 1.64. The molecular formula is C26H32FN3O3. The zero-order chi connectivity index (χ0) is 23.2. The molecule has 0 atom stereocenters. The van der Waals surface area contributed by atoms with E-state index in [1.807, 2.05) is 29.2 Å². The van der Waals surface area contributed by atoms with Gasteiger partial charge in [0.25, 0.3) is 0 Å². The second-order valence-corrected chi connectivity index (χ2v) is 8.94. The molecule has 2 heterocycles. The number of methoxy groups -OCH3 is 1. The van der Waals surface area contributed by atoms with Crippen LogP contribution in [0.5, 0.6) is 5.75 Å². The van der Waals surface area contributed by atoms with Crippen LogP contribution in [0, 0.1) is 11.7 Å². The van der Waals surface area contributed by atoms with Gasteiger partial charge in [-0.05, 0) is 80.7 Å². The highest BCUT2D eigenvalue weighted by Gasteiger charge is 2.31. The molecule has 0 spiro atoms. The summed E-state index contributed by atoms with van der Waals surface area (Å²) in [6.07, 6.45) is 4.01. The van der Waals surface area contributed by atoms with Crippen molar-refractivity contribution < 1.29 is 18.7 Å². The molecule has 0 bridgehead atoms. The summed E-state index contributed by atoms with van der Waals surface area (Å²) in [6.45, 7) is 3.35. The number of likely N-dealkylation sites (tertiary alicyclic amines) is 2. The Balaban J connectivity index is 1.19. The zero-order valence-electron chi connectivity index (χ0n) is 19.1. The number of nitrogens with zero attached hydrogens (tertiary/aromatic N) is 2. The van der Waals surface area contributed by atoms with Crippen LogP contribution in [-0.2, 0) is 16.0 Å². The molecule has 2 amide bonds. The average Bonchev–Trinajstić information content (AvgIpc) is 2.86. The van der Waals surface area contributed by atoms with Crippen molar-refractivity contribution in [1.29, 1.82) is 0 Å². The maximum Gasteiger partial charge on any atom is 0.227 e. The molecule has 0 saturated carbocycles. The van der Waals surface area contributed by atoms with Crippen LogP contribution in [0.15, 0.2) is 48.5 Å². The van der Waals surface area contributed by atoms with Gasteiger partial charge in [0, 0.05) is 30.7 Å². The van der Waals surface area contributed by atoms with E-state index in [0.29, 0.717) is 18.2 Å². The molecule has 2 aliphatic rings. The van der Waals surface area contributed by atoms with Crippen LogP contribution in [0.2, 0.25) is 0 Å². The number of piperidine rings is 2. The van der Waals surface area contributed by atoms with Crippen molar-refractivity contribution in [3.05, 3.63) is 59.9 Å². The molecule has 0 radical (unpaired) electrons. The van der Waals surface area contributed by atoms with Crippen LogP contribution in [0.3, 0.4) is 0 Å². The first-order valence-electron chi connectivity index (χ1n) is 11.7. The number of amides is 2. The standard InChI is InChI=1S/C26H32FN3O3/c1-33-24-8-2-19(3-9-24)18-25(31)30-16-12-23(13-17-30)29-14-10-20(11-15-29)26(32)28-22-6-4-21(27)5-7-22/h2-9,20,23H,10-18H2,1H3,(H,28,32). The average molecular weight is 454 g/mol. The maximum absolute atomic E-state index is 13.0. The minimum Gasteiger partial charge on any atom is -0.497 e. The third kappa shape index (κ3) is 6.11. The first-order valence-corrected chi connectivity index (χ1v) is 11.7. The summed E-state index contributed by atoms with van der Waals surface area (Å²) in [4.78, 5) is 29.7. The Hall–Kier alpha value is -2.93. The van der Waals surface area contributed by atoms with Gasteiger partial charge in [0.05, 0.1) is 13.5 Å². The largest absolute Gasteiger partial charge is 0.497 e. The van der Waals surface area contributed by atoms with E-state index in [4.69, 9.17) is 4.74 Å². The quantitative estimate of drug-likeness (QED) is 0.724. The van der Waals surface area contributed by atoms with Crippen molar-refractivity contribution in [3.8, 4) is 5.75 Å². The number of hydrogen-bond donors (Lipinski definition) is 1. The second kappa shape index (κ2) is 10.8. The molecule has 0 aromatic heterocycles. The Kier molecular flexibility index (Phi) is 7.60. The molecule has 0 aliphatic carbocycles. The highest BCUT2D eigenvalue weighted by atomic mass is 19.1. The smallest absolute Gasteiger partial charge is 0.227 e. The van der Waals surface area contributed by atoms with E-state index in [9.17, 15) is 14.0 Å². The lowest BCUT2D eigenvalue weighted by Gasteiger charge is -2.41. The first-order chi connectivity index (χ1) is 16.0. The van der Waals surface area contributed by atoms with Gasteiger partial charge in [-0.2, -0.15) is 0 Å². The van der Waals surface area contributed by atoms with Crippen LogP contribution in [0.25, 0.3) is 0 Å². The lowest BCUT2D eigenvalue weighted by atomic mass is 9.92. The number of carbonyl (C=O) groups is 2. The lowest BCUT2D eigenvalue weighted by Crippen LogP contribution is -2.50. The van der Waals surface area contributed by atoms with Gasteiger partial charge >= 0.3 is 0 Å². The van der Waals surface area contributed by atoms with Gasteiger partial charge in [-0.15, -0.1) is 0 Å². The van der Waals surface area contributed by atoms with Crippen molar-refractivity contribution in [3.63, 3.8) is 0 Å². The number of anilines is 1. The SMILES string of the molecule is COc1ccc(CC(=O)N2CCC(N3CCC(C(=O)Nc4ccc(F)cc4)CC3)CC2)cc1. The van der Waals surface area contributed by atoms with E-state index >= 15 is 0 Å². The summed E-state index contributed by atoms with van der Waals surface area (Å²) < 4.78 is 18.2. The molecule has 6 nitrogen and oxygen atoms in total. The van der Waals surface area contributed by atoms with Crippen molar-refractivity contribution >= 4 is 17.5 Å². The summed E-state index contributed by atoms with van der Waals surface area (Å²) >= 11 is 0. The van der Waals surface area contributed by atoms with E-state index in [2.05, 4.69) is 10.2 Å². The van der Waals surface area contributed by atoms with Gasteiger partial charge in [0.15, 0.2) is 0 Å². The maximum atomic E-state index is 13.0. The predicted octanol–water partition coefficient (Wildman–Crippen LogP) is 3.72. The molecule has 1 N–H and O–H groups in total. The van der Waals surface area contributed by atoms with Gasteiger partial charge < -0.3 is 19.9 Å². The number of halogens is 1. The number of carbonyl (C=O) groups excluding carboxylic acids is 2. The molecule has 0 unspecified atom stereocenters. The number of rotatable bonds is 6. The van der Waals surface area contributed by atoms with E-state index in [0.717, 1.165) is 63.2 Å². The molecule has 2 aliphatic heterocycles. The summed E-state index contributed by atoms with van der Waals surface area (Å²) in [7, 11) is 1.63. The van der Waals surface area contributed by atoms with Crippen LogP contribution in [0.4, 0.5) is 10.1 Å². The van der Waals surface area contributed by atoms with Gasteiger partial charge in [-0.3, -0.25) is 9.59 Å². The molecule has 2 aromatic carbocycles. The van der Waals surface area contributed by atoms with E-state index in [1.54, 1.807) is 19.2 Å². The third-order valence-corrected chi connectivity index (χ3v) is 6.86. The molecule has 176 valence electrons. The monoisotopic (exact) mass is 453 g/mol. The van der Waals surface area contributed by atoms with Crippen LogP contribution >= 0.6 is 0 Å². The van der Waals surface area contributed by atoms with E-state index in [-0.39, 0.29) is 23.5 Å². The van der Waals surface area contributed by atoms with Crippen molar-refractivity contribution in [1.82, 2.24) is 9.80 Å². The van der Waals surface area contributed by atoms with Gasteiger partial charge in [-0.1, -0.05) is 12.1 Å². The minimum atomic E-state index is -0.310. The fourth-order valence-corrected chi connectivity index (χ4v) is 4.81. The van der Waals surface area contributed by atoms with Gasteiger partial charge in [0.1, 0.15) is 11.6 Å². The molecule has 33 heavy (non-hydrogen) atoms.